The van der Waals surface area contributed by atoms with Crippen LogP contribution in [0, 0.1) is 0 Å². The zero-order chi connectivity index (χ0) is 15.5. The number of ether oxygens (including phenoxy) is 1. The Kier molecular flexibility index (Phi) is 5.37. The number of hydrogen-bond acceptors (Lipinski definition) is 4. The number of nitrogens with one attached hydrogen (secondary N) is 1. The first kappa shape index (κ1) is 16.4. The first-order valence-corrected chi connectivity index (χ1v) is 8.83. The molecule has 5 nitrogen and oxygen atoms in total. The van der Waals surface area contributed by atoms with Gasteiger partial charge in [-0.2, -0.15) is 4.31 Å². The summed E-state index contributed by atoms with van der Waals surface area (Å²) in [4.78, 5) is 0.360. The monoisotopic (exact) mass is 312 g/mol. The van der Waals surface area contributed by atoms with Gasteiger partial charge in [-0.25, -0.2) is 8.42 Å². The van der Waals surface area contributed by atoms with Crippen molar-refractivity contribution in [1.29, 1.82) is 0 Å². The number of nitrogens with zero attached hydrogens (tertiary/aromatic N) is 1. The first-order chi connectivity index (χ1) is 9.96. The summed E-state index contributed by atoms with van der Waals surface area (Å²) in [5.41, 5.74) is 0.985. The highest BCUT2D eigenvalue weighted by Gasteiger charge is 2.31. The van der Waals surface area contributed by atoms with Crippen LogP contribution in [0.2, 0.25) is 0 Å². The van der Waals surface area contributed by atoms with Gasteiger partial charge in [-0.05, 0) is 38.1 Å². The maximum absolute atomic E-state index is 12.8. The van der Waals surface area contributed by atoms with Crippen LogP contribution in [0.5, 0.6) is 0 Å². The molecule has 1 fully saturated rings. The third kappa shape index (κ3) is 3.63. The fourth-order valence-corrected chi connectivity index (χ4v) is 4.23. The van der Waals surface area contributed by atoms with Gasteiger partial charge in [-0.1, -0.05) is 19.1 Å². The van der Waals surface area contributed by atoms with Crippen molar-refractivity contribution in [2.75, 3.05) is 26.3 Å². The zero-order valence-electron chi connectivity index (χ0n) is 12.9. The van der Waals surface area contributed by atoms with Gasteiger partial charge in [-0.15, -0.1) is 0 Å². The Morgan fingerprint density at radius 3 is 2.90 bits per heavy atom. The average Bonchev–Trinajstić information content (AvgIpc) is 2.48. The van der Waals surface area contributed by atoms with Crippen LogP contribution in [0.15, 0.2) is 29.2 Å². The lowest BCUT2D eigenvalue weighted by molar-refractivity contribution is 0.0392. The highest BCUT2D eigenvalue weighted by Crippen LogP contribution is 2.23. The molecule has 0 amide bonds. The highest BCUT2D eigenvalue weighted by molar-refractivity contribution is 7.89. The second-order valence-corrected chi connectivity index (χ2v) is 7.28. The molecule has 1 aliphatic heterocycles. The molecule has 1 heterocycles. The van der Waals surface area contributed by atoms with Crippen LogP contribution in [0.25, 0.3) is 0 Å². The molecule has 0 aliphatic carbocycles. The SMILES string of the molecule is CCNC(C)c1cccc(S(=O)(=O)N2CCOCC2C)c1. The van der Waals surface area contributed by atoms with Gasteiger partial charge in [0.15, 0.2) is 0 Å². The standard InChI is InChI=1S/C15H24N2O3S/c1-4-16-13(3)14-6-5-7-15(10-14)21(18,19)17-8-9-20-11-12(17)2/h5-7,10,12-13,16H,4,8-9,11H2,1-3H3. The molecular formula is C15H24N2O3S. The number of sulfonamides is 1. The molecule has 0 saturated carbocycles. The van der Waals surface area contributed by atoms with E-state index in [1.807, 2.05) is 26.8 Å². The molecule has 0 spiro atoms. The quantitative estimate of drug-likeness (QED) is 0.900. The number of benzene rings is 1. The summed E-state index contributed by atoms with van der Waals surface area (Å²) in [7, 11) is -3.46. The maximum atomic E-state index is 12.8. The Labute approximate surface area is 127 Å². The highest BCUT2D eigenvalue weighted by atomic mass is 32.2. The van der Waals surface area contributed by atoms with Crippen LogP contribution < -0.4 is 5.32 Å². The lowest BCUT2D eigenvalue weighted by Crippen LogP contribution is -2.46. The van der Waals surface area contributed by atoms with E-state index in [2.05, 4.69) is 5.32 Å². The Morgan fingerprint density at radius 2 is 2.24 bits per heavy atom. The molecule has 1 saturated heterocycles. The zero-order valence-corrected chi connectivity index (χ0v) is 13.7. The summed E-state index contributed by atoms with van der Waals surface area (Å²) in [6.07, 6.45) is 0. The Bertz CT molecular complexity index is 574. The predicted molar refractivity (Wildman–Crippen MR) is 82.7 cm³/mol. The van der Waals surface area contributed by atoms with E-state index in [-0.39, 0.29) is 12.1 Å². The summed E-state index contributed by atoms with van der Waals surface area (Å²) in [5, 5.41) is 3.30. The van der Waals surface area contributed by atoms with Gasteiger partial charge in [0.2, 0.25) is 10.0 Å². The minimum atomic E-state index is -3.46. The molecule has 1 N–H and O–H groups in total. The van der Waals surface area contributed by atoms with Crippen molar-refractivity contribution in [3.63, 3.8) is 0 Å². The Morgan fingerprint density at radius 1 is 1.48 bits per heavy atom. The summed E-state index contributed by atoms with van der Waals surface area (Å²) in [6.45, 7) is 8.11. The predicted octanol–water partition coefficient (Wildman–Crippen LogP) is 1.77. The molecular weight excluding hydrogens is 288 g/mol. The molecule has 2 atom stereocenters. The number of hydrogen-bond donors (Lipinski definition) is 1. The molecule has 0 radical (unpaired) electrons. The fourth-order valence-electron chi connectivity index (χ4n) is 2.57. The molecule has 1 aromatic carbocycles. The van der Waals surface area contributed by atoms with Crippen LogP contribution in [0.4, 0.5) is 0 Å². The topological polar surface area (TPSA) is 58.6 Å². The van der Waals surface area contributed by atoms with Gasteiger partial charge in [0, 0.05) is 18.6 Å². The fraction of sp³-hybridized carbons (Fsp3) is 0.600. The van der Waals surface area contributed by atoms with Crippen LogP contribution in [-0.2, 0) is 14.8 Å². The maximum Gasteiger partial charge on any atom is 0.243 e. The third-order valence-electron chi connectivity index (χ3n) is 3.78. The largest absolute Gasteiger partial charge is 0.378 e. The normalized spacial score (nSPS) is 22.1. The van der Waals surface area contributed by atoms with Gasteiger partial charge in [0.1, 0.15) is 0 Å². The van der Waals surface area contributed by atoms with Gasteiger partial charge in [0.25, 0.3) is 0 Å². The number of morpholine rings is 1. The average molecular weight is 312 g/mol. The smallest absolute Gasteiger partial charge is 0.243 e. The van der Waals surface area contributed by atoms with Crippen molar-refractivity contribution >= 4 is 10.0 Å². The Hall–Kier alpha value is -0.950. The molecule has 21 heavy (non-hydrogen) atoms. The van der Waals surface area contributed by atoms with Crippen molar-refractivity contribution < 1.29 is 13.2 Å². The van der Waals surface area contributed by atoms with E-state index in [1.165, 1.54) is 4.31 Å². The summed E-state index contributed by atoms with van der Waals surface area (Å²) in [6, 6.07) is 7.20. The van der Waals surface area contributed by atoms with E-state index in [0.29, 0.717) is 24.7 Å². The van der Waals surface area contributed by atoms with Gasteiger partial charge in [0.05, 0.1) is 18.1 Å². The van der Waals surface area contributed by atoms with Gasteiger partial charge in [-0.3, -0.25) is 0 Å². The van der Waals surface area contributed by atoms with E-state index in [0.717, 1.165) is 12.1 Å². The van der Waals surface area contributed by atoms with E-state index < -0.39 is 10.0 Å². The second-order valence-electron chi connectivity index (χ2n) is 5.39. The Balaban J connectivity index is 2.29. The molecule has 0 aromatic heterocycles. The van der Waals surface area contributed by atoms with E-state index in [1.54, 1.807) is 18.2 Å². The molecule has 1 aromatic rings. The molecule has 6 heteroatoms. The van der Waals surface area contributed by atoms with Crippen LogP contribution >= 0.6 is 0 Å². The minimum Gasteiger partial charge on any atom is -0.378 e. The minimum absolute atomic E-state index is 0.126. The molecule has 1 aliphatic rings. The van der Waals surface area contributed by atoms with Crippen molar-refractivity contribution in [1.82, 2.24) is 9.62 Å². The van der Waals surface area contributed by atoms with E-state index >= 15 is 0 Å². The van der Waals surface area contributed by atoms with Crippen molar-refractivity contribution in [3.05, 3.63) is 29.8 Å². The third-order valence-corrected chi connectivity index (χ3v) is 5.79. The van der Waals surface area contributed by atoms with Crippen LogP contribution in [0.3, 0.4) is 0 Å². The molecule has 2 rings (SSSR count). The molecule has 118 valence electrons. The van der Waals surface area contributed by atoms with Crippen molar-refractivity contribution in [2.45, 2.75) is 37.8 Å². The van der Waals surface area contributed by atoms with Crippen LogP contribution in [0.1, 0.15) is 32.4 Å². The summed E-state index contributed by atoms with van der Waals surface area (Å²) >= 11 is 0. The summed E-state index contributed by atoms with van der Waals surface area (Å²) < 4.78 is 32.4. The molecule has 2 unspecified atom stereocenters. The van der Waals surface area contributed by atoms with Gasteiger partial charge >= 0.3 is 0 Å². The van der Waals surface area contributed by atoms with Crippen molar-refractivity contribution in [3.8, 4) is 0 Å². The van der Waals surface area contributed by atoms with Gasteiger partial charge < -0.3 is 10.1 Å². The van der Waals surface area contributed by atoms with Crippen LogP contribution in [-0.4, -0.2) is 45.1 Å². The lowest BCUT2D eigenvalue weighted by atomic mass is 10.1. The molecule has 0 bridgehead atoms. The van der Waals surface area contributed by atoms with E-state index in [4.69, 9.17) is 4.74 Å². The number of rotatable bonds is 5. The second kappa shape index (κ2) is 6.87. The first-order valence-electron chi connectivity index (χ1n) is 7.39. The van der Waals surface area contributed by atoms with E-state index in [9.17, 15) is 8.42 Å². The summed E-state index contributed by atoms with van der Waals surface area (Å²) in [5.74, 6) is 0. The lowest BCUT2D eigenvalue weighted by Gasteiger charge is -2.32. The van der Waals surface area contributed by atoms with Crippen molar-refractivity contribution in [2.24, 2.45) is 0 Å².